The predicted molar refractivity (Wildman–Crippen MR) is 81.6 cm³/mol. The van der Waals surface area contributed by atoms with Crippen molar-refractivity contribution in [3.63, 3.8) is 0 Å². The summed E-state index contributed by atoms with van der Waals surface area (Å²) >= 11 is 7.31. The van der Waals surface area contributed by atoms with Gasteiger partial charge in [-0.2, -0.15) is 0 Å². The fraction of sp³-hybridized carbons (Fsp3) is 0.143. The molecule has 0 aliphatic rings. The Balaban J connectivity index is 2.09. The quantitative estimate of drug-likeness (QED) is 0.883. The van der Waals surface area contributed by atoms with Crippen LogP contribution in [0.5, 0.6) is 5.75 Å². The number of nitrogens with one attached hydrogen (secondary N) is 1. The van der Waals surface area contributed by atoms with Gasteiger partial charge in [0.15, 0.2) is 6.61 Å². The lowest BCUT2D eigenvalue weighted by Gasteiger charge is -2.07. The summed E-state index contributed by atoms with van der Waals surface area (Å²) < 4.78 is 5.05. The van der Waals surface area contributed by atoms with Gasteiger partial charge in [-0.3, -0.25) is 4.79 Å². The van der Waals surface area contributed by atoms with Gasteiger partial charge in [0.05, 0.1) is 5.02 Å². The number of carboxylic acids is 1. The monoisotopic (exact) mass is 325 g/mol. The Morgan fingerprint density at radius 2 is 2.19 bits per heavy atom. The SMILES string of the molecule is Cc1csc(C(=O)Nc2cccc(OCC(=O)O)c2)c1Cl. The molecule has 0 aliphatic carbocycles. The summed E-state index contributed by atoms with van der Waals surface area (Å²) in [5.41, 5.74) is 1.36. The molecule has 0 saturated heterocycles. The van der Waals surface area contributed by atoms with Gasteiger partial charge in [0.1, 0.15) is 10.6 Å². The zero-order valence-corrected chi connectivity index (χ0v) is 12.6. The predicted octanol–water partition coefficient (Wildman–Crippen LogP) is 3.43. The highest BCUT2D eigenvalue weighted by Crippen LogP contribution is 2.28. The second kappa shape index (κ2) is 6.60. The first-order chi connectivity index (χ1) is 9.97. The molecule has 2 aromatic rings. The summed E-state index contributed by atoms with van der Waals surface area (Å²) in [5, 5.41) is 13.5. The third kappa shape index (κ3) is 3.96. The van der Waals surface area contributed by atoms with E-state index in [4.69, 9.17) is 21.4 Å². The van der Waals surface area contributed by atoms with E-state index in [1.165, 1.54) is 11.3 Å². The Morgan fingerprint density at radius 1 is 1.43 bits per heavy atom. The number of aryl methyl sites for hydroxylation is 1. The molecule has 2 N–H and O–H groups in total. The van der Waals surface area contributed by atoms with Crippen LogP contribution in [0.15, 0.2) is 29.6 Å². The molecule has 0 atom stereocenters. The number of anilines is 1. The number of amides is 1. The molecular formula is C14H12ClNO4S. The molecule has 1 aromatic heterocycles. The van der Waals surface area contributed by atoms with Crippen molar-refractivity contribution in [3.05, 3.63) is 45.1 Å². The van der Waals surface area contributed by atoms with Gasteiger partial charge in [0.25, 0.3) is 5.91 Å². The van der Waals surface area contributed by atoms with Gasteiger partial charge in [-0.1, -0.05) is 17.7 Å². The Kier molecular flexibility index (Phi) is 4.82. The molecule has 7 heteroatoms. The smallest absolute Gasteiger partial charge is 0.341 e. The standard InChI is InChI=1S/C14H12ClNO4S/c1-8-7-21-13(12(8)15)14(19)16-9-3-2-4-10(5-9)20-6-11(17)18/h2-5,7H,6H2,1H3,(H,16,19)(H,17,18). The number of rotatable bonds is 5. The summed E-state index contributed by atoms with van der Waals surface area (Å²) in [4.78, 5) is 23.0. The van der Waals surface area contributed by atoms with Crippen molar-refractivity contribution < 1.29 is 19.4 Å². The van der Waals surface area contributed by atoms with Crippen molar-refractivity contribution in [2.75, 3.05) is 11.9 Å². The summed E-state index contributed by atoms with van der Waals surface area (Å²) in [6, 6.07) is 6.50. The maximum atomic E-state index is 12.1. The fourth-order valence-corrected chi connectivity index (χ4v) is 2.75. The average molecular weight is 326 g/mol. The first-order valence-corrected chi connectivity index (χ1v) is 7.22. The number of aliphatic carboxylic acids is 1. The van der Waals surface area contributed by atoms with E-state index in [1.54, 1.807) is 24.3 Å². The maximum absolute atomic E-state index is 12.1. The van der Waals surface area contributed by atoms with E-state index < -0.39 is 12.6 Å². The molecule has 1 amide bonds. The largest absolute Gasteiger partial charge is 0.482 e. The normalized spacial score (nSPS) is 10.2. The molecule has 110 valence electrons. The Hall–Kier alpha value is -2.05. The second-order valence-electron chi connectivity index (χ2n) is 4.23. The molecule has 2 rings (SSSR count). The summed E-state index contributed by atoms with van der Waals surface area (Å²) in [6.07, 6.45) is 0. The van der Waals surface area contributed by atoms with Crippen LogP contribution in [0.1, 0.15) is 15.2 Å². The van der Waals surface area contributed by atoms with E-state index in [-0.39, 0.29) is 5.91 Å². The molecule has 1 aromatic carbocycles. The van der Waals surface area contributed by atoms with Gasteiger partial charge >= 0.3 is 5.97 Å². The molecule has 0 unspecified atom stereocenters. The van der Waals surface area contributed by atoms with E-state index in [1.807, 2.05) is 12.3 Å². The molecule has 0 bridgehead atoms. The van der Waals surface area contributed by atoms with Crippen molar-refractivity contribution >= 4 is 40.5 Å². The van der Waals surface area contributed by atoms with Gasteiger partial charge in [-0.25, -0.2) is 4.79 Å². The highest BCUT2D eigenvalue weighted by Gasteiger charge is 2.15. The highest BCUT2D eigenvalue weighted by atomic mass is 35.5. The lowest BCUT2D eigenvalue weighted by molar-refractivity contribution is -0.139. The Bertz CT molecular complexity index is 683. The van der Waals surface area contributed by atoms with Gasteiger partial charge in [0.2, 0.25) is 0 Å². The molecule has 21 heavy (non-hydrogen) atoms. The van der Waals surface area contributed by atoms with Crippen LogP contribution in [0.2, 0.25) is 5.02 Å². The fourth-order valence-electron chi connectivity index (χ4n) is 1.58. The van der Waals surface area contributed by atoms with E-state index in [0.717, 1.165) is 5.56 Å². The highest BCUT2D eigenvalue weighted by molar-refractivity contribution is 7.13. The first-order valence-electron chi connectivity index (χ1n) is 5.97. The number of benzene rings is 1. The Morgan fingerprint density at radius 3 is 2.81 bits per heavy atom. The van der Waals surface area contributed by atoms with E-state index >= 15 is 0 Å². The van der Waals surface area contributed by atoms with Crippen molar-refractivity contribution in [1.82, 2.24) is 0 Å². The van der Waals surface area contributed by atoms with Crippen LogP contribution in [0, 0.1) is 6.92 Å². The summed E-state index contributed by atoms with van der Waals surface area (Å²) in [6.45, 7) is 1.39. The van der Waals surface area contributed by atoms with Gasteiger partial charge in [-0.05, 0) is 30.0 Å². The van der Waals surface area contributed by atoms with Gasteiger partial charge in [0, 0.05) is 11.8 Å². The molecule has 5 nitrogen and oxygen atoms in total. The third-order valence-corrected chi connectivity index (χ3v) is 4.26. The number of carbonyl (C=O) groups is 2. The number of hydrogen-bond donors (Lipinski definition) is 2. The minimum absolute atomic E-state index is 0.312. The zero-order valence-electron chi connectivity index (χ0n) is 11.1. The van der Waals surface area contributed by atoms with Crippen LogP contribution in [0.4, 0.5) is 5.69 Å². The molecule has 0 aliphatic heterocycles. The van der Waals surface area contributed by atoms with Crippen molar-refractivity contribution in [3.8, 4) is 5.75 Å². The first kappa shape index (κ1) is 15.3. The summed E-state index contributed by atoms with van der Waals surface area (Å²) in [5.74, 6) is -1.01. The minimum atomic E-state index is -1.06. The average Bonchev–Trinajstić information content (AvgIpc) is 2.77. The number of carbonyl (C=O) groups excluding carboxylic acids is 1. The molecule has 0 saturated carbocycles. The minimum Gasteiger partial charge on any atom is -0.482 e. The third-order valence-electron chi connectivity index (χ3n) is 2.56. The lowest BCUT2D eigenvalue weighted by Crippen LogP contribution is -2.12. The van der Waals surface area contributed by atoms with Crippen LogP contribution in [0.3, 0.4) is 0 Å². The van der Waals surface area contributed by atoms with Crippen LogP contribution in [0.25, 0.3) is 0 Å². The van der Waals surface area contributed by atoms with Crippen molar-refractivity contribution in [2.24, 2.45) is 0 Å². The van der Waals surface area contributed by atoms with Gasteiger partial charge in [-0.15, -0.1) is 11.3 Å². The van der Waals surface area contributed by atoms with Crippen LogP contribution >= 0.6 is 22.9 Å². The molecule has 0 radical (unpaired) electrons. The molecule has 0 spiro atoms. The Labute approximate surface area is 130 Å². The van der Waals surface area contributed by atoms with Crippen molar-refractivity contribution in [2.45, 2.75) is 6.92 Å². The molecular weight excluding hydrogens is 314 g/mol. The second-order valence-corrected chi connectivity index (χ2v) is 5.48. The summed E-state index contributed by atoms with van der Waals surface area (Å²) in [7, 11) is 0. The molecule has 0 fully saturated rings. The van der Waals surface area contributed by atoms with Crippen LogP contribution in [-0.4, -0.2) is 23.6 Å². The number of thiophene rings is 1. The van der Waals surface area contributed by atoms with E-state index in [9.17, 15) is 9.59 Å². The number of ether oxygens (including phenoxy) is 1. The van der Waals surface area contributed by atoms with Gasteiger partial charge < -0.3 is 15.2 Å². The number of carboxylic acid groups (broad SMARTS) is 1. The van der Waals surface area contributed by atoms with Crippen LogP contribution in [-0.2, 0) is 4.79 Å². The van der Waals surface area contributed by atoms with Crippen LogP contribution < -0.4 is 10.1 Å². The molecule has 1 heterocycles. The topological polar surface area (TPSA) is 75.6 Å². The number of halogens is 1. The van der Waals surface area contributed by atoms with E-state index in [0.29, 0.717) is 21.3 Å². The lowest BCUT2D eigenvalue weighted by atomic mass is 10.3. The maximum Gasteiger partial charge on any atom is 0.341 e. The van der Waals surface area contributed by atoms with Crippen molar-refractivity contribution in [1.29, 1.82) is 0 Å². The zero-order chi connectivity index (χ0) is 15.4. The number of hydrogen-bond acceptors (Lipinski definition) is 4. The van der Waals surface area contributed by atoms with E-state index in [2.05, 4.69) is 5.32 Å².